The molecule has 0 bridgehead atoms. The van der Waals surface area contributed by atoms with Crippen LogP contribution in [0.25, 0.3) is 0 Å². The fraction of sp³-hybridized carbons (Fsp3) is 0.429. The Kier molecular flexibility index (Phi) is 3.11. The van der Waals surface area contributed by atoms with E-state index in [0.717, 1.165) is 15.0 Å². The van der Waals surface area contributed by atoms with Gasteiger partial charge in [0, 0.05) is 6.92 Å². The normalized spacial score (nSPS) is 18.6. The van der Waals surface area contributed by atoms with Gasteiger partial charge in [-0.1, -0.05) is 32.0 Å². The highest BCUT2D eigenvalue weighted by atomic mass is 16.5. The highest BCUT2D eigenvalue weighted by Crippen LogP contribution is 2.26. The van der Waals surface area contributed by atoms with Crippen LogP contribution in [0, 0.1) is 5.21 Å². The van der Waals surface area contributed by atoms with E-state index in [-0.39, 0.29) is 0 Å². The van der Waals surface area contributed by atoms with Gasteiger partial charge >= 0.3 is 11.4 Å². The van der Waals surface area contributed by atoms with Crippen LogP contribution in [0.1, 0.15) is 39.2 Å². The standard InChI is InChI=1S/C14H19N2O2/c1-4-14(5-2)15(17)11(3)13(16(14)18)12-9-7-6-8-10-12/h6-10,18H,4-5H2,1-3H3/q+1. The van der Waals surface area contributed by atoms with Crippen molar-refractivity contribution in [2.24, 2.45) is 0 Å². The van der Waals surface area contributed by atoms with Crippen molar-refractivity contribution in [3.8, 4) is 0 Å². The minimum Gasteiger partial charge on any atom is -0.618 e. The van der Waals surface area contributed by atoms with Gasteiger partial charge in [-0.3, -0.25) is 5.21 Å². The summed E-state index contributed by atoms with van der Waals surface area (Å²) in [5, 5.41) is 22.8. The summed E-state index contributed by atoms with van der Waals surface area (Å²) in [5.74, 6) is 0. The van der Waals surface area contributed by atoms with Crippen LogP contribution in [0.4, 0.5) is 0 Å². The van der Waals surface area contributed by atoms with Crippen LogP contribution in [-0.2, 0) is 0 Å². The van der Waals surface area contributed by atoms with Crippen LogP contribution >= 0.6 is 0 Å². The van der Waals surface area contributed by atoms with E-state index in [1.165, 1.54) is 0 Å². The van der Waals surface area contributed by atoms with Crippen molar-refractivity contribution in [3.05, 3.63) is 41.1 Å². The van der Waals surface area contributed by atoms with Crippen molar-refractivity contribution in [2.45, 2.75) is 39.3 Å². The van der Waals surface area contributed by atoms with Gasteiger partial charge in [-0.05, 0) is 12.1 Å². The van der Waals surface area contributed by atoms with E-state index < -0.39 is 5.66 Å². The average Bonchev–Trinajstić information content (AvgIpc) is 2.59. The Morgan fingerprint density at radius 3 is 2.17 bits per heavy atom. The molecule has 96 valence electrons. The fourth-order valence-electron chi connectivity index (χ4n) is 2.62. The second-order valence-electron chi connectivity index (χ2n) is 4.60. The largest absolute Gasteiger partial charge is 0.618 e. The Labute approximate surface area is 107 Å². The van der Waals surface area contributed by atoms with E-state index in [1.807, 2.05) is 44.2 Å². The molecular weight excluding hydrogens is 228 g/mol. The van der Waals surface area contributed by atoms with E-state index in [9.17, 15) is 10.4 Å². The van der Waals surface area contributed by atoms with Gasteiger partial charge < -0.3 is 5.21 Å². The van der Waals surface area contributed by atoms with Gasteiger partial charge in [0.25, 0.3) is 5.71 Å². The summed E-state index contributed by atoms with van der Waals surface area (Å²) in [6.07, 6.45) is 1.13. The molecule has 0 atom stereocenters. The van der Waals surface area contributed by atoms with Crippen LogP contribution in [0.3, 0.4) is 0 Å². The molecule has 0 spiro atoms. The molecule has 1 aliphatic rings. The first-order chi connectivity index (χ1) is 8.58. The van der Waals surface area contributed by atoms with Crippen LogP contribution in [0.15, 0.2) is 30.3 Å². The van der Waals surface area contributed by atoms with Crippen molar-refractivity contribution in [3.63, 3.8) is 0 Å². The zero-order chi connectivity index (χ0) is 13.3. The maximum atomic E-state index is 12.3. The Morgan fingerprint density at radius 1 is 1.17 bits per heavy atom. The van der Waals surface area contributed by atoms with E-state index in [4.69, 9.17) is 0 Å². The molecule has 0 fully saturated rings. The predicted octanol–water partition coefficient (Wildman–Crippen LogP) is 2.38. The molecule has 0 radical (unpaired) electrons. The first kappa shape index (κ1) is 12.6. The molecule has 0 saturated carbocycles. The smallest absolute Gasteiger partial charge is 0.406 e. The zero-order valence-corrected chi connectivity index (χ0v) is 11.1. The Morgan fingerprint density at radius 2 is 1.72 bits per heavy atom. The molecule has 1 N–H and O–H groups in total. The van der Waals surface area contributed by atoms with Crippen molar-refractivity contribution >= 4 is 11.4 Å². The molecule has 0 amide bonds. The first-order valence-corrected chi connectivity index (χ1v) is 6.31. The lowest BCUT2D eigenvalue weighted by molar-refractivity contribution is -0.922. The molecule has 0 aliphatic carbocycles. The van der Waals surface area contributed by atoms with Gasteiger partial charge in [-0.25, -0.2) is 0 Å². The summed E-state index contributed by atoms with van der Waals surface area (Å²) in [7, 11) is 0. The average molecular weight is 247 g/mol. The monoisotopic (exact) mass is 247 g/mol. The van der Waals surface area contributed by atoms with Gasteiger partial charge in [-0.15, -0.1) is 4.74 Å². The third-order valence-corrected chi connectivity index (χ3v) is 3.81. The molecule has 1 aromatic carbocycles. The zero-order valence-electron chi connectivity index (χ0n) is 11.1. The molecule has 18 heavy (non-hydrogen) atoms. The van der Waals surface area contributed by atoms with Crippen LogP contribution in [-0.4, -0.2) is 31.8 Å². The SMILES string of the molecule is CCC1(CC)[N+]([O-])=C(C)C(c2ccccc2)=[N+]1O. The quantitative estimate of drug-likeness (QED) is 0.506. The second kappa shape index (κ2) is 4.44. The maximum Gasteiger partial charge on any atom is 0.406 e. The molecule has 0 unspecified atom stereocenters. The van der Waals surface area contributed by atoms with E-state index in [2.05, 4.69) is 0 Å². The number of hydroxylamine groups is 2. The molecular formula is C14H19N2O2+. The molecule has 4 heteroatoms. The van der Waals surface area contributed by atoms with Crippen LogP contribution in [0.5, 0.6) is 0 Å². The Balaban J connectivity index is 2.64. The number of nitrogens with zero attached hydrogens (tertiary/aromatic N) is 2. The topological polar surface area (TPSA) is 49.3 Å². The minimum absolute atomic E-state index is 0.562. The molecule has 0 saturated heterocycles. The molecule has 1 aliphatic heterocycles. The van der Waals surface area contributed by atoms with Gasteiger partial charge in [0.1, 0.15) is 0 Å². The first-order valence-electron chi connectivity index (χ1n) is 6.31. The summed E-state index contributed by atoms with van der Waals surface area (Å²) in [5.41, 5.74) is 1.17. The lowest BCUT2D eigenvalue weighted by atomic mass is 10.1. The van der Waals surface area contributed by atoms with Crippen LogP contribution < -0.4 is 0 Å². The minimum atomic E-state index is -0.866. The van der Waals surface area contributed by atoms with Gasteiger partial charge in [-0.2, -0.15) is 0 Å². The van der Waals surface area contributed by atoms with Gasteiger partial charge in [0.2, 0.25) is 0 Å². The van der Waals surface area contributed by atoms with Gasteiger partial charge in [0.15, 0.2) is 0 Å². The number of benzene rings is 1. The molecule has 1 aromatic rings. The highest BCUT2D eigenvalue weighted by Gasteiger charge is 2.58. The highest BCUT2D eigenvalue weighted by molar-refractivity contribution is 6.44. The summed E-state index contributed by atoms with van der Waals surface area (Å²) >= 11 is 0. The fourth-order valence-corrected chi connectivity index (χ4v) is 2.62. The van der Waals surface area contributed by atoms with Crippen molar-refractivity contribution in [1.82, 2.24) is 0 Å². The molecule has 0 aromatic heterocycles. The Hall–Kier alpha value is -1.84. The second-order valence-corrected chi connectivity index (χ2v) is 4.60. The summed E-state index contributed by atoms with van der Waals surface area (Å²) < 4.78 is 2.08. The molecule has 1 heterocycles. The van der Waals surface area contributed by atoms with E-state index in [0.29, 0.717) is 24.3 Å². The van der Waals surface area contributed by atoms with E-state index in [1.54, 1.807) is 6.92 Å². The summed E-state index contributed by atoms with van der Waals surface area (Å²) in [6, 6.07) is 9.51. The maximum absolute atomic E-state index is 12.3. The number of hydrogen-bond acceptors (Lipinski definition) is 2. The van der Waals surface area contributed by atoms with Crippen molar-refractivity contribution in [2.75, 3.05) is 0 Å². The van der Waals surface area contributed by atoms with Crippen molar-refractivity contribution in [1.29, 1.82) is 0 Å². The Bertz CT molecular complexity index is 514. The molecule has 4 nitrogen and oxygen atoms in total. The van der Waals surface area contributed by atoms with Crippen molar-refractivity contribution < 1.29 is 14.7 Å². The van der Waals surface area contributed by atoms with E-state index >= 15 is 0 Å². The summed E-state index contributed by atoms with van der Waals surface area (Å²) in [6.45, 7) is 5.59. The van der Waals surface area contributed by atoms with Crippen LogP contribution in [0.2, 0.25) is 0 Å². The summed E-state index contributed by atoms with van der Waals surface area (Å²) in [4.78, 5) is 0. The molecule has 2 rings (SSSR count). The third kappa shape index (κ3) is 1.52. The predicted molar refractivity (Wildman–Crippen MR) is 70.2 cm³/mol. The number of rotatable bonds is 3. The third-order valence-electron chi connectivity index (χ3n) is 3.81. The lowest BCUT2D eigenvalue weighted by Gasteiger charge is -2.18. The number of hydrogen-bond donors (Lipinski definition) is 1. The van der Waals surface area contributed by atoms with Gasteiger partial charge in [0.05, 0.1) is 23.1 Å². The lowest BCUT2D eigenvalue weighted by Crippen LogP contribution is -2.45.